The molecular formula is C30H32BrFN2O3. The fourth-order valence-electron chi connectivity index (χ4n) is 5.62. The SMILES string of the molecule is Cc1cccc(N(Cc2ccc(F)cc2)C(=O)O[C@H]2C[N+]3(CC(=O)c4ccccc4)CCC2CC3)c1.[Br-]. The van der Waals surface area contributed by atoms with Gasteiger partial charge in [0.2, 0.25) is 5.78 Å². The average molecular weight is 567 g/mol. The molecule has 194 valence electrons. The second-order valence-electron chi connectivity index (χ2n) is 10.2. The minimum absolute atomic E-state index is 0. The molecule has 3 aliphatic heterocycles. The molecule has 1 atom stereocenters. The van der Waals surface area contributed by atoms with E-state index in [2.05, 4.69) is 0 Å². The number of rotatable bonds is 7. The topological polar surface area (TPSA) is 46.6 Å². The van der Waals surface area contributed by atoms with Crippen molar-refractivity contribution in [1.82, 2.24) is 0 Å². The number of ether oxygens (including phenoxy) is 1. The molecule has 37 heavy (non-hydrogen) atoms. The van der Waals surface area contributed by atoms with Crippen molar-refractivity contribution in [2.24, 2.45) is 5.92 Å². The summed E-state index contributed by atoms with van der Waals surface area (Å²) >= 11 is 0. The van der Waals surface area contributed by atoms with Gasteiger partial charge in [-0.3, -0.25) is 9.69 Å². The van der Waals surface area contributed by atoms with Gasteiger partial charge in [-0.15, -0.1) is 0 Å². The highest BCUT2D eigenvalue weighted by Gasteiger charge is 2.48. The van der Waals surface area contributed by atoms with Gasteiger partial charge in [-0.2, -0.15) is 0 Å². The van der Waals surface area contributed by atoms with Crippen LogP contribution in [0.4, 0.5) is 14.9 Å². The lowest BCUT2D eigenvalue weighted by Gasteiger charge is -2.51. The van der Waals surface area contributed by atoms with E-state index >= 15 is 0 Å². The van der Waals surface area contributed by atoms with Crippen LogP contribution in [0.5, 0.6) is 0 Å². The molecule has 0 saturated carbocycles. The van der Waals surface area contributed by atoms with Crippen LogP contribution < -0.4 is 21.9 Å². The van der Waals surface area contributed by atoms with Crippen molar-refractivity contribution >= 4 is 17.6 Å². The van der Waals surface area contributed by atoms with E-state index in [0.29, 0.717) is 23.5 Å². The summed E-state index contributed by atoms with van der Waals surface area (Å²) in [5, 5.41) is 0. The van der Waals surface area contributed by atoms with Crippen LogP contribution in [0.3, 0.4) is 0 Å². The Morgan fingerprint density at radius 1 is 0.973 bits per heavy atom. The molecule has 1 amide bonds. The second kappa shape index (κ2) is 11.6. The van der Waals surface area contributed by atoms with Crippen LogP contribution in [0, 0.1) is 18.7 Å². The zero-order chi connectivity index (χ0) is 25.1. The van der Waals surface area contributed by atoms with Gasteiger partial charge in [-0.05, 0) is 42.3 Å². The maximum Gasteiger partial charge on any atom is 0.415 e. The van der Waals surface area contributed by atoms with Crippen LogP contribution >= 0.6 is 0 Å². The number of benzene rings is 3. The molecule has 0 radical (unpaired) electrons. The van der Waals surface area contributed by atoms with Gasteiger partial charge in [0.15, 0.2) is 6.10 Å². The number of ketones is 1. The lowest BCUT2D eigenvalue weighted by molar-refractivity contribution is -0.938. The number of carbonyl (C=O) groups is 2. The summed E-state index contributed by atoms with van der Waals surface area (Å²) in [7, 11) is 0. The predicted molar refractivity (Wildman–Crippen MR) is 137 cm³/mol. The Labute approximate surface area is 228 Å². The number of piperidine rings is 3. The summed E-state index contributed by atoms with van der Waals surface area (Å²) in [6, 6.07) is 23.3. The van der Waals surface area contributed by atoms with Gasteiger partial charge in [0.25, 0.3) is 0 Å². The fraction of sp³-hybridized carbons (Fsp3) is 0.333. The first-order valence-corrected chi connectivity index (χ1v) is 12.6. The number of hydrogen-bond acceptors (Lipinski definition) is 3. The van der Waals surface area contributed by atoms with Crippen LogP contribution in [0.1, 0.15) is 34.3 Å². The number of anilines is 1. The maximum atomic E-state index is 13.6. The van der Waals surface area contributed by atoms with Crippen LogP contribution in [0.2, 0.25) is 0 Å². The molecule has 2 bridgehead atoms. The Morgan fingerprint density at radius 2 is 1.68 bits per heavy atom. The van der Waals surface area contributed by atoms with Crippen molar-refractivity contribution < 1.29 is 40.2 Å². The highest BCUT2D eigenvalue weighted by Crippen LogP contribution is 2.36. The zero-order valence-electron chi connectivity index (χ0n) is 21.0. The number of halogens is 2. The minimum Gasteiger partial charge on any atom is -1.00 e. The fourth-order valence-corrected chi connectivity index (χ4v) is 5.62. The normalized spacial score (nSPS) is 22.1. The first-order chi connectivity index (χ1) is 17.4. The lowest BCUT2D eigenvalue weighted by Crippen LogP contribution is -3.00. The van der Waals surface area contributed by atoms with Crippen molar-refractivity contribution in [3.8, 4) is 0 Å². The number of quaternary nitrogens is 1. The molecule has 6 rings (SSSR count). The molecular weight excluding hydrogens is 535 g/mol. The Bertz CT molecular complexity index is 1230. The summed E-state index contributed by atoms with van der Waals surface area (Å²) < 4.78 is 20.3. The van der Waals surface area contributed by atoms with Crippen LogP contribution in [0.25, 0.3) is 0 Å². The molecule has 3 aliphatic rings. The molecule has 0 N–H and O–H groups in total. The van der Waals surface area contributed by atoms with E-state index < -0.39 is 6.09 Å². The van der Waals surface area contributed by atoms with Gasteiger partial charge in [-0.1, -0.05) is 54.6 Å². The third-order valence-corrected chi connectivity index (χ3v) is 7.66. The van der Waals surface area contributed by atoms with E-state index in [-0.39, 0.29) is 41.2 Å². The number of fused-ring (bicyclic) bond motifs is 3. The van der Waals surface area contributed by atoms with Crippen molar-refractivity contribution in [2.45, 2.75) is 32.4 Å². The predicted octanol–water partition coefficient (Wildman–Crippen LogP) is 2.77. The summed E-state index contributed by atoms with van der Waals surface area (Å²) in [5.41, 5.74) is 3.34. The van der Waals surface area contributed by atoms with E-state index in [0.717, 1.165) is 48.3 Å². The van der Waals surface area contributed by atoms with Gasteiger partial charge in [-0.25, -0.2) is 9.18 Å². The van der Waals surface area contributed by atoms with Crippen LogP contribution in [0.15, 0.2) is 78.9 Å². The molecule has 0 unspecified atom stereocenters. The smallest absolute Gasteiger partial charge is 0.415 e. The van der Waals surface area contributed by atoms with Crippen molar-refractivity contribution in [1.29, 1.82) is 0 Å². The Kier molecular flexibility index (Phi) is 8.45. The van der Waals surface area contributed by atoms with Gasteiger partial charge < -0.3 is 26.2 Å². The molecule has 5 nitrogen and oxygen atoms in total. The molecule has 0 aliphatic carbocycles. The molecule has 3 saturated heterocycles. The Morgan fingerprint density at radius 3 is 2.35 bits per heavy atom. The summed E-state index contributed by atoms with van der Waals surface area (Å²) in [6.07, 6.45) is 1.26. The average Bonchev–Trinajstić information content (AvgIpc) is 2.89. The van der Waals surface area contributed by atoms with Gasteiger partial charge in [0, 0.05) is 30.0 Å². The summed E-state index contributed by atoms with van der Waals surface area (Å²) in [4.78, 5) is 28.2. The molecule has 0 spiro atoms. The van der Waals surface area contributed by atoms with Gasteiger partial charge >= 0.3 is 6.09 Å². The highest BCUT2D eigenvalue weighted by atomic mass is 79.9. The van der Waals surface area contributed by atoms with Crippen molar-refractivity contribution in [3.63, 3.8) is 0 Å². The molecule has 3 heterocycles. The highest BCUT2D eigenvalue weighted by molar-refractivity contribution is 5.97. The first-order valence-electron chi connectivity index (χ1n) is 12.6. The molecule has 3 aromatic carbocycles. The van der Waals surface area contributed by atoms with E-state index in [1.165, 1.54) is 12.1 Å². The minimum atomic E-state index is -0.406. The number of amides is 1. The zero-order valence-corrected chi connectivity index (χ0v) is 22.6. The van der Waals surface area contributed by atoms with Crippen molar-refractivity contribution in [2.75, 3.05) is 31.1 Å². The van der Waals surface area contributed by atoms with Gasteiger partial charge in [0.1, 0.15) is 18.9 Å². The quantitative estimate of drug-likeness (QED) is 0.326. The first kappa shape index (κ1) is 27.0. The monoisotopic (exact) mass is 566 g/mol. The van der Waals surface area contributed by atoms with E-state index in [1.54, 1.807) is 17.0 Å². The molecule has 3 fully saturated rings. The Balaban J connectivity index is 0.00000320. The molecule has 0 aromatic heterocycles. The van der Waals surface area contributed by atoms with E-state index in [9.17, 15) is 14.0 Å². The number of Topliss-reactive ketones (excluding diaryl/α,β-unsaturated/α-hetero) is 1. The van der Waals surface area contributed by atoms with Gasteiger partial charge in [0.05, 0.1) is 19.6 Å². The van der Waals surface area contributed by atoms with E-state index in [1.807, 2.05) is 61.5 Å². The molecule has 7 heteroatoms. The van der Waals surface area contributed by atoms with Crippen LogP contribution in [-0.2, 0) is 11.3 Å². The lowest BCUT2D eigenvalue weighted by atomic mass is 9.83. The third kappa shape index (κ3) is 6.28. The number of aryl methyl sites for hydroxylation is 1. The molecule has 3 aromatic rings. The van der Waals surface area contributed by atoms with E-state index in [4.69, 9.17) is 4.74 Å². The number of carbonyl (C=O) groups excluding carboxylic acids is 2. The standard InChI is InChI=1S/C30H32FN2O3.BrH/c1-22-6-5-9-27(18-22)32(19-23-10-12-26(31)13-11-23)30(35)36-29-21-33(16-14-25(29)15-17-33)20-28(34)24-7-3-2-4-8-24;/h2-13,18,25,29H,14-17,19-21H2,1H3;1H/q+1;/p-1/t25?,29-,33?;/m0./s1. The summed E-state index contributed by atoms with van der Waals surface area (Å²) in [5.74, 6) is 0.138. The second-order valence-corrected chi connectivity index (χ2v) is 10.2. The third-order valence-electron chi connectivity index (χ3n) is 7.66. The largest absolute Gasteiger partial charge is 1.00 e. The number of hydrogen-bond donors (Lipinski definition) is 0. The Hall–Kier alpha value is -3.03. The number of nitrogens with zero attached hydrogens (tertiary/aromatic N) is 2. The van der Waals surface area contributed by atoms with Crippen LogP contribution in [-0.4, -0.2) is 48.6 Å². The van der Waals surface area contributed by atoms with Crippen molar-refractivity contribution in [3.05, 3.63) is 101 Å². The maximum absolute atomic E-state index is 13.6. The summed E-state index contributed by atoms with van der Waals surface area (Å²) in [6.45, 7) is 5.24.